The molecule has 2 rings (SSSR count). The Balaban J connectivity index is 2.50. The maximum absolute atomic E-state index is 11.3. The van der Waals surface area contributed by atoms with Crippen LogP contribution in [-0.2, 0) is 9.59 Å². The van der Waals surface area contributed by atoms with Crippen molar-refractivity contribution >= 4 is 41.0 Å². The highest BCUT2D eigenvalue weighted by Gasteiger charge is 2.11. The molecule has 0 aliphatic carbocycles. The fraction of sp³-hybridized carbons (Fsp3) is 0.263. The Bertz CT molecular complexity index is 834. The third-order valence-corrected chi connectivity index (χ3v) is 4.07. The van der Waals surface area contributed by atoms with Crippen molar-refractivity contribution < 1.29 is 9.59 Å². The van der Waals surface area contributed by atoms with Gasteiger partial charge in [-0.25, -0.2) is 0 Å². The van der Waals surface area contributed by atoms with Crippen molar-refractivity contribution in [3.05, 3.63) is 40.7 Å². The summed E-state index contributed by atoms with van der Waals surface area (Å²) in [4.78, 5) is 25.6. The number of carbonyl (C=O) groups excluding carboxylic acids is 2. The minimum atomic E-state index is -0.141. The molecule has 0 unspecified atom stereocenters. The molecule has 0 aliphatic heterocycles. The number of rotatable bonds is 6. The summed E-state index contributed by atoms with van der Waals surface area (Å²) in [6.45, 7) is 7.50. The van der Waals surface area contributed by atoms with E-state index in [-0.39, 0.29) is 5.91 Å². The highest BCUT2D eigenvalue weighted by Crippen LogP contribution is 2.31. The summed E-state index contributed by atoms with van der Waals surface area (Å²) in [6, 6.07) is 5.38. The van der Waals surface area contributed by atoms with Gasteiger partial charge in [-0.3, -0.25) is 9.59 Å². The van der Waals surface area contributed by atoms with Gasteiger partial charge in [0.15, 0.2) is 0 Å². The molecule has 0 saturated heterocycles. The number of H-pyrrole nitrogens is 1. The lowest BCUT2D eigenvalue weighted by Crippen LogP contribution is -2.07. The zero-order valence-electron chi connectivity index (χ0n) is 15.2. The standard InChI is InChI=1S/C19H24N4O2/c1-11(8-18-12(2)19(20-5)13(3)22-18)16-9-15(23-14(4)25)6-7-17(16)21-10-24/h6-10,20,22H,1-5H3,(H,21,24)(H,23,25)/b11-8+. The van der Waals surface area contributed by atoms with E-state index in [2.05, 4.69) is 20.9 Å². The predicted molar refractivity (Wildman–Crippen MR) is 104 cm³/mol. The van der Waals surface area contributed by atoms with Gasteiger partial charge < -0.3 is 20.9 Å². The van der Waals surface area contributed by atoms with Crippen LogP contribution in [0.15, 0.2) is 18.2 Å². The number of aryl methyl sites for hydroxylation is 1. The lowest BCUT2D eigenvalue weighted by atomic mass is 10.0. The van der Waals surface area contributed by atoms with Gasteiger partial charge in [0, 0.05) is 42.3 Å². The number of hydrogen-bond acceptors (Lipinski definition) is 3. The first-order chi connectivity index (χ1) is 11.9. The molecule has 0 saturated carbocycles. The quantitative estimate of drug-likeness (QED) is 0.604. The summed E-state index contributed by atoms with van der Waals surface area (Å²) < 4.78 is 0. The minimum Gasteiger partial charge on any atom is -0.386 e. The van der Waals surface area contributed by atoms with E-state index < -0.39 is 0 Å². The first-order valence-corrected chi connectivity index (χ1v) is 8.04. The van der Waals surface area contributed by atoms with Crippen molar-refractivity contribution in [2.75, 3.05) is 23.0 Å². The molecule has 4 N–H and O–H groups in total. The van der Waals surface area contributed by atoms with Crippen molar-refractivity contribution in [1.29, 1.82) is 0 Å². The Hall–Kier alpha value is -3.02. The maximum Gasteiger partial charge on any atom is 0.221 e. The predicted octanol–water partition coefficient (Wildman–Crippen LogP) is 3.76. The number of nitrogens with one attached hydrogen (secondary N) is 4. The van der Waals surface area contributed by atoms with Gasteiger partial charge in [0.1, 0.15) is 0 Å². The second-order valence-corrected chi connectivity index (χ2v) is 5.94. The molecule has 1 heterocycles. The molecule has 0 bridgehead atoms. The molecule has 0 spiro atoms. The van der Waals surface area contributed by atoms with Gasteiger partial charge in [-0.15, -0.1) is 0 Å². The van der Waals surface area contributed by atoms with Gasteiger partial charge >= 0.3 is 0 Å². The molecular weight excluding hydrogens is 316 g/mol. The zero-order chi connectivity index (χ0) is 18.6. The van der Waals surface area contributed by atoms with Crippen LogP contribution in [0.4, 0.5) is 17.1 Å². The molecule has 6 nitrogen and oxygen atoms in total. The smallest absolute Gasteiger partial charge is 0.221 e. The Morgan fingerprint density at radius 1 is 1.20 bits per heavy atom. The summed E-state index contributed by atoms with van der Waals surface area (Å²) in [5.74, 6) is -0.141. The number of benzene rings is 1. The monoisotopic (exact) mass is 340 g/mol. The zero-order valence-corrected chi connectivity index (χ0v) is 15.2. The molecule has 132 valence electrons. The number of hydrogen-bond donors (Lipinski definition) is 4. The van der Waals surface area contributed by atoms with Gasteiger partial charge in [0.05, 0.1) is 5.69 Å². The Labute approximate surface area is 147 Å². The molecule has 1 aromatic carbocycles. The van der Waals surface area contributed by atoms with Crippen LogP contribution in [-0.4, -0.2) is 24.3 Å². The van der Waals surface area contributed by atoms with Crippen LogP contribution in [0.2, 0.25) is 0 Å². The summed E-state index contributed by atoms with van der Waals surface area (Å²) >= 11 is 0. The Morgan fingerprint density at radius 2 is 1.92 bits per heavy atom. The van der Waals surface area contributed by atoms with Crippen LogP contribution in [0, 0.1) is 13.8 Å². The van der Waals surface area contributed by atoms with E-state index in [9.17, 15) is 9.59 Å². The summed E-state index contributed by atoms with van der Waals surface area (Å²) in [5, 5.41) is 8.67. The van der Waals surface area contributed by atoms with Crippen molar-refractivity contribution in [1.82, 2.24) is 4.98 Å². The number of allylic oxidation sites excluding steroid dienone is 1. The molecule has 25 heavy (non-hydrogen) atoms. The van der Waals surface area contributed by atoms with Gasteiger partial charge in [-0.1, -0.05) is 0 Å². The number of anilines is 3. The summed E-state index contributed by atoms with van der Waals surface area (Å²) in [6.07, 6.45) is 2.68. The molecule has 0 radical (unpaired) electrons. The fourth-order valence-corrected chi connectivity index (χ4v) is 2.93. The van der Waals surface area contributed by atoms with Crippen molar-refractivity contribution in [3.63, 3.8) is 0 Å². The minimum absolute atomic E-state index is 0.141. The topological polar surface area (TPSA) is 86.0 Å². The Kier molecular flexibility index (Phi) is 5.64. The third-order valence-electron chi connectivity index (χ3n) is 4.07. The number of carbonyl (C=O) groups is 2. The van der Waals surface area contributed by atoms with E-state index in [0.717, 1.165) is 33.8 Å². The number of aromatic nitrogens is 1. The van der Waals surface area contributed by atoms with E-state index >= 15 is 0 Å². The molecule has 2 aromatic rings. The molecule has 2 amide bonds. The molecular formula is C19H24N4O2. The van der Waals surface area contributed by atoms with Crippen LogP contribution in [0.5, 0.6) is 0 Å². The first-order valence-electron chi connectivity index (χ1n) is 8.04. The average molecular weight is 340 g/mol. The normalized spacial score (nSPS) is 11.2. The van der Waals surface area contributed by atoms with Crippen molar-refractivity contribution in [3.8, 4) is 0 Å². The van der Waals surface area contributed by atoms with E-state index in [4.69, 9.17) is 0 Å². The van der Waals surface area contributed by atoms with E-state index in [1.807, 2.05) is 40.0 Å². The van der Waals surface area contributed by atoms with E-state index in [1.165, 1.54) is 6.92 Å². The molecule has 1 aromatic heterocycles. The highest BCUT2D eigenvalue weighted by atomic mass is 16.1. The maximum atomic E-state index is 11.3. The summed E-state index contributed by atoms with van der Waals surface area (Å²) in [7, 11) is 1.90. The second-order valence-electron chi connectivity index (χ2n) is 5.94. The lowest BCUT2D eigenvalue weighted by Gasteiger charge is -2.12. The van der Waals surface area contributed by atoms with Gasteiger partial charge in [-0.05, 0) is 56.2 Å². The second kappa shape index (κ2) is 7.70. The highest BCUT2D eigenvalue weighted by molar-refractivity contribution is 5.94. The number of amides is 2. The first kappa shape index (κ1) is 18.3. The van der Waals surface area contributed by atoms with Crippen LogP contribution in [0.1, 0.15) is 36.4 Å². The SMILES string of the molecule is CNc1c(C)[nH]c(/C=C(\C)c2cc(NC(C)=O)ccc2NC=O)c1C. The van der Waals surface area contributed by atoms with Crippen LogP contribution < -0.4 is 16.0 Å². The largest absolute Gasteiger partial charge is 0.386 e. The van der Waals surface area contributed by atoms with Crippen LogP contribution in [0.3, 0.4) is 0 Å². The fourth-order valence-electron chi connectivity index (χ4n) is 2.93. The lowest BCUT2D eigenvalue weighted by molar-refractivity contribution is -0.114. The third kappa shape index (κ3) is 4.09. The van der Waals surface area contributed by atoms with Crippen molar-refractivity contribution in [2.24, 2.45) is 0 Å². The van der Waals surface area contributed by atoms with Gasteiger partial charge in [0.2, 0.25) is 12.3 Å². The summed E-state index contributed by atoms with van der Waals surface area (Å²) in [5.41, 5.74) is 7.45. The van der Waals surface area contributed by atoms with E-state index in [1.54, 1.807) is 12.1 Å². The number of aromatic amines is 1. The average Bonchev–Trinajstić information content (AvgIpc) is 2.81. The molecule has 0 fully saturated rings. The Morgan fingerprint density at radius 3 is 2.48 bits per heavy atom. The van der Waals surface area contributed by atoms with Crippen molar-refractivity contribution in [2.45, 2.75) is 27.7 Å². The van der Waals surface area contributed by atoms with Crippen LogP contribution >= 0.6 is 0 Å². The molecule has 6 heteroatoms. The van der Waals surface area contributed by atoms with Gasteiger partial charge in [0.25, 0.3) is 0 Å². The van der Waals surface area contributed by atoms with E-state index in [0.29, 0.717) is 17.8 Å². The molecule has 0 atom stereocenters. The van der Waals surface area contributed by atoms with Crippen LogP contribution in [0.25, 0.3) is 11.6 Å². The molecule has 0 aliphatic rings. The van der Waals surface area contributed by atoms with Gasteiger partial charge in [-0.2, -0.15) is 0 Å².